The number of carbonyl (C=O) groups is 1. The SMILES string of the molecule is O=C(Cn1cnc2c(cnn2-c2cccc(C(F)(F)F)c2)c1=O)c1c[nH]c2ccccc12. The molecule has 0 saturated heterocycles. The first-order chi connectivity index (χ1) is 15.3. The summed E-state index contributed by atoms with van der Waals surface area (Å²) in [5.74, 6) is -0.282. The maximum atomic E-state index is 13.0. The highest BCUT2D eigenvalue weighted by Crippen LogP contribution is 2.30. The summed E-state index contributed by atoms with van der Waals surface area (Å²) in [6.07, 6.45) is -0.488. The summed E-state index contributed by atoms with van der Waals surface area (Å²) in [4.78, 5) is 32.9. The van der Waals surface area contributed by atoms with Crippen molar-refractivity contribution in [3.8, 4) is 5.69 Å². The van der Waals surface area contributed by atoms with E-state index >= 15 is 0 Å². The van der Waals surface area contributed by atoms with Crippen LogP contribution in [0.15, 0.2) is 72.0 Å². The van der Waals surface area contributed by atoms with Gasteiger partial charge in [-0.3, -0.25) is 14.2 Å². The Morgan fingerprint density at radius 1 is 1.06 bits per heavy atom. The third-order valence-electron chi connectivity index (χ3n) is 5.18. The van der Waals surface area contributed by atoms with Gasteiger partial charge in [-0.2, -0.15) is 18.3 Å². The van der Waals surface area contributed by atoms with Gasteiger partial charge in [0, 0.05) is 22.7 Å². The molecule has 7 nitrogen and oxygen atoms in total. The maximum Gasteiger partial charge on any atom is 0.416 e. The van der Waals surface area contributed by atoms with E-state index in [0.29, 0.717) is 5.56 Å². The van der Waals surface area contributed by atoms with Crippen molar-refractivity contribution in [2.45, 2.75) is 12.7 Å². The van der Waals surface area contributed by atoms with Crippen LogP contribution in [0.1, 0.15) is 15.9 Å². The number of alkyl halides is 3. The molecule has 32 heavy (non-hydrogen) atoms. The minimum Gasteiger partial charge on any atom is -0.360 e. The van der Waals surface area contributed by atoms with E-state index in [0.717, 1.165) is 32.3 Å². The summed E-state index contributed by atoms with van der Waals surface area (Å²) in [7, 11) is 0. The third-order valence-corrected chi connectivity index (χ3v) is 5.18. The average Bonchev–Trinajstić information content (AvgIpc) is 3.40. The number of benzene rings is 2. The second-order valence-corrected chi connectivity index (χ2v) is 7.19. The van der Waals surface area contributed by atoms with Crippen molar-refractivity contribution in [1.29, 1.82) is 0 Å². The number of hydrogen-bond donors (Lipinski definition) is 1. The fourth-order valence-corrected chi connectivity index (χ4v) is 3.61. The Bertz CT molecular complexity index is 1540. The van der Waals surface area contributed by atoms with Gasteiger partial charge < -0.3 is 4.98 Å². The number of nitrogens with one attached hydrogen (secondary N) is 1. The lowest BCUT2D eigenvalue weighted by Crippen LogP contribution is -2.24. The lowest BCUT2D eigenvalue weighted by Gasteiger charge is -2.09. The van der Waals surface area contributed by atoms with Gasteiger partial charge in [0.15, 0.2) is 11.4 Å². The molecule has 0 amide bonds. The fraction of sp³-hybridized carbons (Fsp3) is 0.0909. The number of carbonyl (C=O) groups excluding carboxylic acids is 1. The Labute approximate surface area is 177 Å². The molecule has 10 heteroatoms. The van der Waals surface area contributed by atoms with Crippen LogP contribution in [0.5, 0.6) is 0 Å². The highest BCUT2D eigenvalue weighted by atomic mass is 19.4. The number of hydrogen-bond acceptors (Lipinski definition) is 4. The second kappa shape index (κ2) is 7.19. The normalized spacial score (nSPS) is 12.0. The molecule has 0 bridgehead atoms. The molecule has 160 valence electrons. The summed E-state index contributed by atoms with van der Waals surface area (Å²) in [6, 6.07) is 11.9. The summed E-state index contributed by atoms with van der Waals surface area (Å²) in [6.45, 7) is -0.238. The molecule has 0 saturated carbocycles. The van der Waals surface area contributed by atoms with Gasteiger partial charge in [-0.15, -0.1) is 0 Å². The van der Waals surface area contributed by atoms with E-state index in [2.05, 4.69) is 15.1 Å². The van der Waals surface area contributed by atoms with Crippen LogP contribution in [-0.2, 0) is 12.7 Å². The van der Waals surface area contributed by atoms with E-state index < -0.39 is 17.3 Å². The Kier molecular flexibility index (Phi) is 4.43. The van der Waals surface area contributed by atoms with E-state index in [1.54, 1.807) is 6.20 Å². The topological polar surface area (TPSA) is 85.6 Å². The van der Waals surface area contributed by atoms with Crippen molar-refractivity contribution in [2.24, 2.45) is 0 Å². The van der Waals surface area contributed by atoms with Crippen LogP contribution in [0.3, 0.4) is 0 Å². The lowest BCUT2D eigenvalue weighted by atomic mass is 10.1. The number of H-pyrrole nitrogens is 1. The van der Waals surface area contributed by atoms with Crippen molar-refractivity contribution in [3.63, 3.8) is 0 Å². The molecular weight excluding hydrogens is 423 g/mol. The van der Waals surface area contributed by atoms with E-state index in [-0.39, 0.29) is 29.0 Å². The first-order valence-corrected chi connectivity index (χ1v) is 9.53. The maximum absolute atomic E-state index is 13.0. The molecule has 5 aromatic rings. The lowest BCUT2D eigenvalue weighted by molar-refractivity contribution is -0.137. The number of aromatic amines is 1. The van der Waals surface area contributed by atoms with Gasteiger partial charge in [0.05, 0.1) is 24.0 Å². The first kappa shape index (κ1) is 19.7. The largest absolute Gasteiger partial charge is 0.416 e. The Balaban J connectivity index is 1.51. The molecule has 0 radical (unpaired) electrons. The molecule has 0 fully saturated rings. The minimum absolute atomic E-state index is 0.0941. The van der Waals surface area contributed by atoms with Crippen LogP contribution < -0.4 is 5.56 Å². The zero-order valence-corrected chi connectivity index (χ0v) is 16.3. The quantitative estimate of drug-likeness (QED) is 0.431. The second-order valence-electron chi connectivity index (χ2n) is 7.19. The van der Waals surface area contributed by atoms with Crippen molar-refractivity contribution in [1.82, 2.24) is 24.3 Å². The Hall–Kier alpha value is -4.21. The van der Waals surface area contributed by atoms with E-state index in [9.17, 15) is 22.8 Å². The van der Waals surface area contributed by atoms with E-state index in [1.807, 2.05) is 24.3 Å². The van der Waals surface area contributed by atoms with Gasteiger partial charge in [-0.1, -0.05) is 24.3 Å². The number of Topliss-reactive ketones (excluding diaryl/α,β-unsaturated/α-hetero) is 1. The van der Waals surface area contributed by atoms with Crippen LogP contribution in [0, 0.1) is 0 Å². The number of ketones is 1. The summed E-state index contributed by atoms with van der Waals surface area (Å²) in [5, 5.41) is 4.89. The zero-order valence-electron chi connectivity index (χ0n) is 16.3. The van der Waals surface area contributed by atoms with Gasteiger partial charge in [0.1, 0.15) is 11.7 Å². The molecule has 3 heterocycles. The van der Waals surface area contributed by atoms with Crippen molar-refractivity contribution < 1.29 is 18.0 Å². The monoisotopic (exact) mass is 437 g/mol. The summed E-state index contributed by atoms with van der Waals surface area (Å²) in [5.41, 5.74) is 0.128. The smallest absolute Gasteiger partial charge is 0.360 e. The minimum atomic E-state index is -4.51. The van der Waals surface area contributed by atoms with Crippen molar-refractivity contribution >= 4 is 27.7 Å². The van der Waals surface area contributed by atoms with E-state index in [1.165, 1.54) is 24.7 Å². The van der Waals surface area contributed by atoms with Gasteiger partial charge in [-0.05, 0) is 24.3 Å². The molecule has 3 aromatic heterocycles. The third kappa shape index (κ3) is 3.25. The van der Waals surface area contributed by atoms with Crippen LogP contribution in [0.25, 0.3) is 27.6 Å². The number of halogens is 3. The molecule has 0 aliphatic heterocycles. The molecular formula is C22H14F3N5O2. The fourth-order valence-electron chi connectivity index (χ4n) is 3.61. The number of nitrogens with zero attached hydrogens (tertiary/aromatic N) is 4. The van der Waals surface area contributed by atoms with Crippen LogP contribution in [0.2, 0.25) is 0 Å². The number of fused-ring (bicyclic) bond motifs is 2. The molecule has 0 aliphatic carbocycles. The average molecular weight is 437 g/mol. The van der Waals surface area contributed by atoms with Gasteiger partial charge in [0.25, 0.3) is 5.56 Å². The Morgan fingerprint density at radius 3 is 2.69 bits per heavy atom. The molecule has 5 rings (SSSR count). The predicted molar refractivity (Wildman–Crippen MR) is 111 cm³/mol. The molecule has 0 unspecified atom stereocenters. The van der Waals surface area contributed by atoms with Gasteiger partial charge in [-0.25, -0.2) is 9.67 Å². The number of para-hydroxylation sites is 1. The van der Waals surface area contributed by atoms with Crippen molar-refractivity contribution in [2.75, 3.05) is 0 Å². The number of rotatable bonds is 4. The standard InChI is InChI=1S/C22H14F3N5O2/c23-22(24,25)13-4-3-5-14(8-13)30-20-17(10-28-30)21(32)29(12-27-20)11-19(31)16-9-26-18-7-2-1-6-15(16)18/h1-10,12,26H,11H2. The molecule has 0 atom stereocenters. The predicted octanol–water partition coefficient (Wildman–Crippen LogP) is 3.97. The van der Waals surface area contributed by atoms with Crippen molar-refractivity contribution in [3.05, 3.63) is 88.7 Å². The van der Waals surface area contributed by atoms with Crippen LogP contribution >= 0.6 is 0 Å². The summed E-state index contributed by atoms with van der Waals surface area (Å²) < 4.78 is 41.5. The highest BCUT2D eigenvalue weighted by molar-refractivity contribution is 6.07. The van der Waals surface area contributed by atoms with Gasteiger partial charge in [0.2, 0.25) is 0 Å². The molecule has 0 aliphatic rings. The van der Waals surface area contributed by atoms with Crippen LogP contribution in [0.4, 0.5) is 13.2 Å². The Morgan fingerprint density at radius 2 is 1.88 bits per heavy atom. The zero-order chi connectivity index (χ0) is 22.5. The van der Waals surface area contributed by atoms with Gasteiger partial charge >= 0.3 is 6.18 Å². The molecule has 0 spiro atoms. The molecule has 2 aromatic carbocycles. The molecule has 1 N–H and O–H groups in total. The number of aromatic nitrogens is 5. The highest BCUT2D eigenvalue weighted by Gasteiger charge is 2.30. The van der Waals surface area contributed by atoms with Crippen LogP contribution in [-0.4, -0.2) is 30.1 Å². The van der Waals surface area contributed by atoms with E-state index in [4.69, 9.17) is 0 Å². The first-order valence-electron chi connectivity index (χ1n) is 9.53. The summed E-state index contributed by atoms with van der Waals surface area (Å²) >= 11 is 0.